The van der Waals surface area contributed by atoms with Crippen molar-refractivity contribution in [2.75, 3.05) is 0 Å². The zero-order valence-electron chi connectivity index (χ0n) is 9.80. The van der Waals surface area contributed by atoms with Crippen molar-refractivity contribution in [3.63, 3.8) is 0 Å². The maximum atomic E-state index is 11.1. The van der Waals surface area contributed by atoms with Crippen LogP contribution in [0.3, 0.4) is 0 Å². The number of carbonyl (C=O) groups is 1. The van der Waals surface area contributed by atoms with Crippen molar-refractivity contribution in [2.45, 2.75) is 39.3 Å². The highest BCUT2D eigenvalue weighted by molar-refractivity contribution is 7.09. The normalized spacial score (nSPS) is 15.0. The Morgan fingerprint density at radius 1 is 1.56 bits per heavy atom. The molecule has 2 unspecified atom stereocenters. The molecule has 0 saturated carbocycles. The highest BCUT2D eigenvalue weighted by atomic mass is 32.1. The molecule has 0 bridgehead atoms. The lowest BCUT2D eigenvalue weighted by atomic mass is 10.0. The van der Waals surface area contributed by atoms with Crippen LogP contribution in [0.4, 0.5) is 0 Å². The van der Waals surface area contributed by atoms with Gasteiger partial charge in [0.15, 0.2) is 0 Å². The molecule has 0 saturated heterocycles. The molecule has 90 valence electrons. The van der Waals surface area contributed by atoms with E-state index in [9.17, 15) is 4.79 Å². The first-order valence-electron chi connectivity index (χ1n) is 5.38. The van der Waals surface area contributed by atoms with Crippen molar-refractivity contribution < 1.29 is 9.90 Å². The lowest BCUT2D eigenvalue weighted by Gasteiger charge is -2.20. The largest absolute Gasteiger partial charge is 0.480 e. The number of rotatable bonds is 6. The van der Waals surface area contributed by atoms with Gasteiger partial charge in [0.2, 0.25) is 0 Å². The second kappa shape index (κ2) is 5.96. The molecule has 0 aliphatic carbocycles. The summed E-state index contributed by atoms with van der Waals surface area (Å²) in [5.41, 5.74) is 1.76. The molecule has 0 radical (unpaired) electrons. The lowest BCUT2D eigenvalue weighted by Crippen LogP contribution is -2.39. The maximum absolute atomic E-state index is 11.1. The second-order valence-corrected chi connectivity index (χ2v) is 5.23. The molecule has 1 aromatic heterocycles. The second-order valence-electron chi connectivity index (χ2n) is 4.31. The van der Waals surface area contributed by atoms with E-state index in [0.29, 0.717) is 12.3 Å². The zero-order chi connectivity index (χ0) is 12.1. The van der Waals surface area contributed by atoms with Crippen LogP contribution in [-0.4, -0.2) is 22.1 Å². The number of hydrogen-bond donors (Lipinski definition) is 2. The van der Waals surface area contributed by atoms with Crippen molar-refractivity contribution in [3.05, 3.63) is 16.6 Å². The van der Waals surface area contributed by atoms with Gasteiger partial charge in [-0.2, -0.15) is 0 Å². The third-order valence-electron chi connectivity index (χ3n) is 2.33. The van der Waals surface area contributed by atoms with Crippen molar-refractivity contribution in [2.24, 2.45) is 5.92 Å². The van der Waals surface area contributed by atoms with Crippen LogP contribution < -0.4 is 5.32 Å². The molecule has 0 aliphatic heterocycles. The molecule has 4 nitrogen and oxygen atoms in total. The smallest absolute Gasteiger partial charge is 0.320 e. The third-order valence-corrected chi connectivity index (χ3v) is 3.29. The summed E-state index contributed by atoms with van der Waals surface area (Å²) in [6.45, 7) is 6.01. The first kappa shape index (κ1) is 13.1. The Kier molecular flexibility index (Phi) is 4.89. The average Bonchev–Trinajstić information content (AvgIpc) is 2.68. The van der Waals surface area contributed by atoms with Crippen LogP contribution in [0.25, 0.3) is 0 Å². The van der Waals surface area contributed by atoms with E-state index in [1.165, 1.54) is 11.3 Å². The number of nitrogens with one attached hydrogen (secondary N) is 1. The van der Waals surface area contributed by atoms with Crippen molar-refractivity contribution in [1.82, 2.24) is 10.3 Å². The quantitative estimate of drug-likeness (QED) is 0.803. The van der Waals surface area contributed by atoms with E-state index in [1.54, 1.807) is 11.7 Å². The predicted octanol–water partition coefficient (Wildman–Crippen LogP) is 2.29. The van der Waals surface area contributed by atoms with Gasteiger partial charge in [-0.05, 0) is 19.3 Å². The molecule has 0 spiro atoms. The molecule has 5 heteroatoms. The molecule has 1 heterocycles. The van der Waals surface area contributed by atoms with E-state index in [2.05, 4.69) is 10.3 Å². The van der Waals surface area contributed by atoms with Gasteiger partial charge < -0.3 is 5.11 Å². The number of thiazole rings is 1. The van der Waals surface area contributed by atoms with Gasteiger partial charge in [0.1, 0.15) is 6.04 Å². The molecular weight excluding hydrogens is 224 g/mol. The summed E-state index contributed by atoms with van der Waals surface area (Å²) in [4.78, 5) is 16.1. The van der Waals surface area contributed by atoms with Crippen LogP contribution in [0.2, 0.25) is 0 Å². The van der Waals surface area contributed by atoms with Crippen LogP contribution >= 0.6 is 11.3 Å². The van der Waals surface area contributed by atoms with Crippen molar-refractivity contribution in [3.8, 4) is 0 Å². The van der Waals surface area contributed by atoms with E-state index < -0.39 is 12.0 Å². The Bertz CT molecular complexity index is 325. The van der Waals surface area contributed by atoms with Gasteiger partial charge >= 0.3 is 5.97 Å². The minimum atomic E-state index is -0.787. The summed E-state index contributed by atoms with van der Waals surface area (Å²) >= 11 is 1.54. The molecular formula is C11H18N2O2S. The van der Waals surface area contributed by atoms with E-state index in [1.807, 2.05) is 20.8 Å². The van der Waals surface area contributed by atoms with Gasteiger partial charge in [0, 0.05) is 17.1 Å². The Hall–Kier alpha value is -0.940. The van der Waals surface area contributed by atoms with Gasteiger partial charge in [0.05, 0.1) is 5.51 Å². The fraction of sp³-hybridized carbons (Fsp3) is 0.636. The highest BCUT2D eigenvalue weighted by Gasteiger charge is 2.21. The average molecular weight is 242 g/mol. The topological polar surface area (TPSA) is 62.2 Å². The fourth-order valence-electron chi connectivity index (χ4n) is 1.53. The molecule has 16 heavy (non-hydrogen) atoms. The predicted molar refractivity (Wildman–Crippen MR) is 64.5 cm³/mol. The van der Waals surface area contributed by atoms with Gasteiger partial charge in [0.25, 0.3) is 0 Å². The minimum absolute atomic E-state index is 0.0346. The van der Waals surface area contributed by atoms with Crippen molar-refractivity contribution in [1.29, 1.82) is 0 Å². The van der Waals surface area contributed by atoms with E-state index in [0.717, 1.165) is 4.88 Å². The van der Waals surface area contributed by atoms with Crippen molar-refractivity contribution >= 4 is 17.3 Å². The molecule has 0 aliphatic rings. The van der Waals surface area contributed by atoms with E-state index in [4.69, 9.17) is 5.11 Å². The Morgan fingerprint density at radius 3 is 2.69 bits per heavy atom. The lowest BCUT2D eigenvalue weighted by molar-refractivity contribution is -0.140. The van der Waals surface area contributed by atoms with Crippen LogP contribution in [0.5, 0.6) is 0 Å². The zero-order valence-corrected chi connectivity index (χ0v) is 10.6. The summed E-state index contributed by atoms with van der Waals surface area (Å²) in [7, 11) is 0. The van der Waals surface area contributed by atoms with Gasteiger partial charge in [-0.1, -0.05) is 13.8 Å². The maximum Gasteiger partial charge on any atom is 0.320 e. The highest BCUT2D eigenvalue weighted by Crippen LogP contribution is 2.18. The molecule has 1 aromatic rings. The summed E-state index contributed by atoms with van der Waals surface area (Å²) in [5, 5.41) is 12.2. The standard InChI is InChI=1S/C11H18N2O2S/c1-7(2)4-9(11(14)15)13-8(3)10-5-12-6-16-10/h5-9,13H,4H2,1-3H3,(H,14,15). The number of aromatic nitrogens is 1. The third kappa shape index (κ3) is 3.90. The number of nitrogens with zero attached hydrogens (tertiary/aromatic N) is 1. The molecule has 0 amide bonds. The number of carboxylic acid groups (broad SMARTS) is 1. The summed E-state index contributed by atoms with van der Waals surface area (Å²) in [6.07, 6.45) is 2.41. The first-order chi connectivity index (χ1) is 7.50. The number of carboxylic acids is 1. The van der Waals surface area contributed by atoms with E-state index >= 15 is 0 Å². The minimum Gasteiger partial charge on any atom is -0.480 e. The molecule has 2 N–H and O–H groups in total. The van der Waals surface area contributed by atoms with Crippen LogP contribution in [0, 0.1) is 5.92 Å². The summed E-state index contributed by atoms with van der Waals surface area (Å²) < 4.78 is 0. The van der Waals surface area contributed by atoms with E-state index in [-0.39, 0.29) is 6.04 Å². The SMILES string of the molecule is CC(C)CC(NC(C)c1cncs1)C(=O)O. The molecule has 1 rings (SSSR count). The number of hydrogen-bond acceptors (Lipinski definition) is 4. The molecule has 2 atom stereocenters. The van der Waals surface area contributed by atoms with Gasteiger partial charge in [-0.3, -0.25) is 15.1 Å². The Morgan fingerprint density at radius 2 is 2.25 bits per heavy atom. The number of aliphatic carboxylic acids is 1. The molecule has 0 fully saturated rings. The first-order valence-corrected chi connectivity index (χ1v) is 6.26. The van der Waals surface area contributed by atoms with Gasteiger partial charge in [-0.15, -0.1) is 11.3 Å². The van der Waals surface area contributed by atoms with Crippen LogP contribution in [0.15, 0.2) is 11.7 Å². The molecule has 0 aromatic carbocycles. The Balaban J connectivity index is 2.58. The van der Waals surface area contributed by atoms with Crippen LogP contribution in [-0.2, 0) is 4.79 Å². The van der Waals surface area contributed by atoms with Crippen LogP contribution in [0.1, 0.15) is 38.1 Å². The fourth-order valence-corrected chi connectivity index (χ4v) is 2.17. The van der Waals surface area contributed by atoms with Gasteiger partial charge in [-0.25, -0.2) is 0 Å². The monoisotopic (exact) mass is 242 g/mol. The summed E-state index contributed by atoms with van der Waals surface area (Å²) in [5.74, 6) is -0.424. The summed E-state index contributed by atoms with van der Waals surface area (Å²) in [6, 6.07) is -0.454. The Labute approximate surface area is 99.7 Å².